The molecule has 2 heteroatoms. The molecule has 0 N–H and O–H groups in total. The molecule has 1 rings (SSSR count). The lowest BCUT2D eigenvalue weighted by Gasteiger charge is -1.99. The van der Waals surface area contributed by atoms with E-state index in [0.717, 1.165) is 25.2 Å². The van der Waals surface area contributed by atoms with Crippen molar-refractivity contribution >= 4 is 5.97 Å². The molecule has 1 aliphatic rings. The Morgan fingerprint density at radius 2 is 2.56 bits per heavy atom. The molecule has 0 bridgehead atoms. The summed E-state index contributed by atoms with van der Waals surface area (Å²) in [6, 6.07) is 0. The van der Waals surface area contributed by atoms with Crippen LogP contribution in [-0.2, 0) is 9.16 Å². The number of ether oxygens (including phenoxy) is 1. The van der Waals surface area contributed by atoms with E-state index in [1.807, 2.05) is 6.92 Å². The van der Waals surface area contributed by atoms with Gasteiger partial charge in [0.25, 0.3) is 0 Å². The second-order valence-electron chi connectivity index (χ2n) is 2.12. The first-order valence-electron chi connectivity index (χ1n) is 3.09. The Labute approximate surface area is 54.8 Å². The average molecular weight is 127 g/mol. The Bertz CT molecular complexity index is 147. The van der Waals surface area contributed by atoms with Crippen molar-refractivity contribution in [3.8, 4) is 0 Å². The number of cyclic esters (lactones) is 1. The molecule has 50 valence electrons. The second kappa shape index (κ2) is 2.67. The van der Waals surface area contributed by atoms with Gasteiger partial charge in [0.1, 0.15) is 0 Å². The fourth-order valence-corrected chi connectivity index (χ4v) is 0.677. The molecule has 0 fully saturated rings. The highest BCUT2D eigenvalue weighted by Crippen LogP contribution is 1.99. The molecule has 0 aromatic rings. The molecule has 2 nitrogen and oxygen atoms in total. The van der Waals surface area contributed by atoms with E-state index in [1.54, 1.807) is 0 Å². The van der Waals surface area contributed by atoms with Crippen molar-refractivity contribution in [2.24, 2.45) is 0 Å². The molecule has 0 aromatic heterocycles. The van der Waals surface area contributed by atoms with Crippen LogP contribution in [0, 0.1) is 0 Å². The molecule has 1 aliphatic heterocycles. The van der Waals surface area contributed by atoms with Gasteiger partial charge in [-0.15, -0.1) is 0 Å². The minimum absolute atomic E-state index is 0.612. The molecular formula is C7H11O2+. The van der Waals surface area contributed by atoms with Crippen LogP contribution in [0.25, 0.3) is 0 Å². The topological polar surface area (TPSA) is 20.5 Å². The van der Waals surface area contributed by atoms with Gasteiger partial charge in [0, 0.05) is 0 Å². The van der Waals surface area contributed by atoms with Crippen LogP contribution in [0.3, 0.4) is 0 Å². The lowest BCUT2D eigenvalue weighted by Crippen LogP contribution is -2.17. The van der Waals surface area contributed by atoms with Crippen LogP contribution in [0.1, 0.15) is 13.3 Å². The van der Waals surface area contributed by atoms with E-state index in [0.29, 0.717) is 5.97 Å². The van der Waals surface area contributed by atoms with Gasteiger partial charge in [0.05, 0.1) is 12.0 Å². The lowest BCUT2D eigenvalue weighted by atomic mass is 10.3. The highest BCUT2D eigenvalue weighted by atomic mass is 16.6. The molecule has 0 atom stereocenters. The molecule has 0 unspecified atom stereocenters. The third-order valence-electron chi connectivity index (χ3n) is 1.10. The summed E-state index contributed by atoms with van der Waals surface area (Å²) in [6.45, 7) is 7.10. The highest BCUT2D eigenvalue weighted by Gasteiger charge is 2.19. The summed E-state index contributed by atoms with van der Waals surface area (Å²) in [4.78, 5) is 0. The zero-order valence-corrected chi connectivity index (χ0v) is 5.64. The molecule has 0 amide bonds. The fourth-order valence-electron chi connectivity index (χ4n) is 0.677. The van der Waals surface area contributed by atoms with E-state index < -0.39 is 0 Å². The van der Waals surface area contributed by atoms with Crippen LogP contribution in [0.2, 0.25) is 0 Å². The Morgan fingerprint density at radius 1 is 1.78 bits per heavy atom. The predicted molar refractivity (Wildman–Crippen MR) is 35.3 cm³/mol. The first kappa shape index (κ1) is 6.33. The minimum atomic E-state index is 0.612. The summed E-state index contributed by atoms with van der Waals surface area (Å²) < 4.78 is 10.3. The highest BCUT2D eigenvalue weighted by molar-refractivity contribution is 5.87. The van der Waals surface area contributed by atoms with Crippen LogP contribution < -0.4 is 0 Å². The third kappa shape index (κ3) is 1.56. The quantitative estimate of drug-likeness (QED) is 0.293. The van der Waals surface area contributed by atoms with E-state index in [9.17, 15) is 0 Å². The standard InChI is InChI=1S/C7H11O2/c1-6(2)7-8-4-3-5-9-7/h1,3-5H2,2H3/q+1. The predicted octanol–water partition coefficient (Wildman–Crippen LogP) is 1.05. The zero-order chi connectivity index (χ0) is 6.69. The summed E-state index contributed by atoms with van der Waals surface area (Å²) in [5.74, 6) is 0.612. The van der Waals surface area contributed by atoms with Crippen molar-refractivity contribution in [3.63, 3.8) is 0 Å². The number of hydrogen-bond acceptors (Lipinski definition) is 1. The maximum Gasteiger partial charge on any atom is 0.514 e. The van der Waals surface area contributed by atoms with Gasteiger partial charge in [-0.1, -0.05) is 6.58 Å². The van der Waals surface area contributed by atoms with Gasteiger partial charge in [-0.25, -0.2) is 0 Å². The second-order valence-corrected chi connectivity index (χ2v) is 2.12. The van der Waals surface area contributed by atoms with Gasteiger partial charge in [0.15, 0.2) is 13.2 Å². The SMILES string of the molecule is C=C(C)C1=[O+]CCCO1. The van der Waals surface area contributed by atoms with Crippen molar-refractivity contribution < 1.29 is 9.16 Å². The summed E-state index contributed by atoms with van der Waals surface area (Å²) in [5, 5.41) is 0. The maximum atomic E-state index is 5.13. The summed E-state index contributed by atoms with van der Waals surface area (Å²) in [7, 11) is 0. The zero-order valence-electron chi connectivity index (χ0n) is 5.64. The van der Waals surface area contributed by atoms with Crippen molar-refractivity contribution in [1.82, 2.24) is 0 Å². The maximum absolute atomic E-state index is 5.13. The van der Waals surface area contributed by atoms with Crippen molar-refractivity contribution in [3.05, 3.63) is 12.2 Å². The Morgan fingerprint density at radius 3 is 2.89 bits per heavy atom. The minimum Gasteiger partial charge on any atom is -0.318 e. The monoisotopic (exact) mass is 127 g/mol. The van der Waals surface area contributed by atoms with E-state index in [1.165, 1.54) is 0 Å². The van der Waals surface area contributed by atoms with Gasteiger partial charge < -0.3 is 9.16 Å². The van der Waals surface area contributed by atoms with Gasteiger partial charge in [-0.05, 0) is 6.92 Å². The number of hydrogen-bond donors (Lipinski definition) is 0. The van der Waals surface area contributed by atoms with Crippen LogP contribution in [0.4, 0.5) is 0 Å². The number of rotatable bonds is 1. The van der Waals surface area contributed by atoms with Crippen LogP contribution in [-0.4, -0.2) is 19.2 Å². The fraction of sp³-hybridized carbons (Fsp3) is 0.571. The van der Waals surface area contributed by atoms with E-state index in [4.69, 9.17) is 9.16 Å². The first-order chi connectivity index (χ1) is 4.30. The third-order valence-corrected chi connectivity index (χ3v) is 1.10. The van der Waals surface area contributed by atoms with Crippen LogP contribution in [0.15, 0.2) is 12.2 Å². The van der Waals surface area contributed by atoms with Crippen LogP contribution >= 0.6 is 0 Å². The van der Waals surface area contributed by atoms with E-state index in [-0.39, 0.29) is 0 Å². The van der Waals surface area contributed by atoms with Crippen molar-refractivity contribution in [1.29, 1.82) is 0 Å². The van der Waals surface area contributed by atoms with E-state index in [2.05, 4.69) is 6.58 Å². The van der Waals surface area contributed by atoms with Gasteiger partial charge in [-0.3, -0.25) is 0 Å². The molecule has 0 saturated carbocycles. The largest absolute Gasteiger partial charge is 0.514 e. The normalized spacial score (nSPS) is 18.1. The smallest absolute Gasteiger partial charge is 0.318 e. The molecule has 0 spiro atoms. The molecule has 0 saturated heterocycles. The number of esters is 1. The van der Waals surface area contributed by atoms with Crippen molar-refractivity contribution in [2.45, 2.75) is 13.3 Å². The molecule has 0 aromatic carbocycles. The van der Waals surface area contributed by atoms with Crippen molar-refractivity contribution in [2.75, 3.05) is 13.2 Å². The molecule has 0 aliphatic carbocycles. The molecule has 9 heavy (non-hydrogen) atoms. The Kier molecular flexibility index (Phi) is 1.88. The lowest BCUT2D eigenvalue weighted by molar-refractivity contribution is -0.476. The average Bonchev–Trinajstić information content (AvgIpc) is 1.90. The van der Waals surface area contributed by atoms with Gasteiger partial charge in [-0.2, -0.15) is 0 Å². The van der Waals surface area contributed by atoms with Gasteiger partial charge in [0.2, 0.25) is 0 Å². The molecule has 0 radical (unpaired) electrons. The van der Waals surface area contributed by atoms with Gasteiger partial charge >= 0.3 is 5.97 Å². The summed E-state index contributed by atoms with van der Waals surface area (Å²) in [5.41, 5.74) is 0.870. The van der Waals surface area contributed by atoms with E-state index >= 15 is 0 Å². The molecule has 1 heterocycles. The molecular weight excluding hydrogens is 116 g/mol. The summed E-state index contributed by atoms with van der Waals surface area (Å²) >= 11 is 0. The Balaban J connectivity index is 2.57. The number of carbonyl (C=O) groups excluding carboxylic acids is 1. The van der Waals surface area contributed by atoms with Crippen LogP contribution in [0.5, 0.6) is 0 Å². The summed E-state index contributed by atoms with van der Waals surface area (Å²) in [6.07, 6.45) is 0.983. The Hall–Kier alpha value is -0.790. The first-order valence-corrected chi connectivity index (χ1v) is 3.09.